The Balaban J connectivity index is 2.36. The van der Waals surface area contributed by atoms with Crippen molar-refractivity contribution in [2.45, 2.75) is 31.7 Å². The quantitative estimate of drug-likeness (QED) is 0.680. The molecule has 0 fully saturated rings. The van der Waals surface area contributed by atoms with E-state index in [4.69, 9.17) is 5.73 Å². The third kappa shape index (κ3) is 2.68. The van der Waals surface area contributed by atoms with Crippen LogP contribution in [0.4, 0.5) is 16.2 Å². The van der Waals surface area contributed by atoms with Gasteiger partial charge in [0.05, 0.1) is 7.11 Å². The number of alkyl carbamates (subject to hydrolysis) is 1. The molecule has 4 N–H and O–H groups in total. The smallest absolute Gasteiger partial charge is 0.407 e. The van der Waals surface area contributed by atoms with E-state index in [1.165, 1.54) is 7.11 Å². The Bertz CT molecular complexity index is 555. The number of methoxy groups -OCH3 is 1. The minimum absolute atomic E-state index is 0.271. The molecule has 0 aromatic heterocycles. The monoisotopic (exact) mass is 277 g/mol. The molecule has 0 saturated carbocycles. The normalized spacial score (nSPS) is 20.4. The summed E-state index contributed by atoms with van der Waals surface area (Å²) in [7, 11) is 1.27. The number of nitrogens with one attached hydrogen (secondary N) is 2. The van der Waals surface area contributed by atoms with Crippen LogP contribution in [-0.4, -0.2) is 25.2 Å². The zero-order chi connectivity index (χ0) is 14.9. The van der Waals surface area contributed by atoms with Crippen molar-refractivity contribution in [3.63, 3.8) is 0 Å². The van der Waals surface area contributed by atoms with E-state index in [2.05, 4.69) is 15.4 Å². The molecule has 1 atom stereocenters. The van der Waals surface area contributed by atoms with Crippen molar-refractivity contribution in [2.75, 3.05) is 18.2 Å². The largest absolute Gasteiger partial charge is 0.453 e. The lowest BCUT2D eigenvalue weighted by Crippen LogP contribution is -2.45. The van der Waals surface area contributed by atoms with Crippen molar-refractivity contribution in [3.8, 4) is 0 Å². The minimum Gasteiger partial charge on any atom is -0.453 e. The molecule has 1 aliphatic rings. The summed E-state index contributed by atoms with van der Waals surface area (Å²) in [5.41, 5.74) is 7.75. The number of hydrogen-bond donors (Lipinski definition) is 3. The van der Waals surface area contributed by atoms with E-state index in [0.29, 0.717) is 17.8 Å². The summed E-state index contributed by atoms with van der Waals surface area (Å²) in [5.74, 6) is -0.271. The topological polar surface area (TPSA) is 93.4 Å². The molecule has 1 aromatic rings. The highest BCUT2D eigenvalue weighted by atomic mass is 16.5. The summed E-state index contributed by atoms with van der Waals surface area (Å²) >= 11 is 0. The first-order valence-corrected chi connectivity index (χ1v) is 6.39. The van der Waals surface area contributed by atoms with Gasteiger partial charge in [0.15, 0.2) is 0 Å². The van der Waals surface area contributed by atoms with Gasteiger partial charge < -0.3 is 21.1 Å². The first-order chi connectivity index (χ1) is 9.33. The molecule has 0 aliphatic carbocycles. The Kier molecular flexibility index (Phi) is 3.57. The Labute approximate surface area is 117 Å². The predicted octanol–water partition coefficient (Wildman–Crippen LogP) is 1.61. The number of carbonyl (C=O) groups excluding carboxylic acids is 2. The van der Waals surface area contributed by atoms with E-state index in [0.717, 1.165) is 5.56 Å². The molecule has 1 heterocycles. The summed E-state index contributed by atoms with van der Waals surface area (Å²) < 4.78 is 4.56. The van der Waals surface area contributed by atoms with Crippen molar-refractivity contribution >= 4 is 23.4 Å². The maximum Gasteiger partial charge on any atom is 0.407 e. The Morgan fingerprint density at radius 2 is 2.20 bits per heavy atom. The van der Waals surface area contributed by atoms with Crippen molar-refractivity contribution < 1.29 is 14.3 Å². The lowest BCUT2D eigenvalue weighted by molar-refractivity contribution is -0.118. The zero-order valence-corrected chi connectivity index (χ0v) is 11.8. The molecule has 0 saturated heterocycles. The first-order valence-electron chi connectivity index (χ1n) is 6.39. The number of ether oxygens (including phenoxy) is 1. The van der Waals surface area contributed by atoms with E-state index in [1.54, 1.807) is 12.1 Å². The van der Waals surface area contributed by atoms with Crippen LogP contribution in [0.3, 0.4) is 0 Å². The first kappa shape index (κ1) is 14.2. The van der Waals surface area contributed by atoms with Gasteiger partial charge in [-0.1, -0.05) is 19.9 Å². The highest BCUT2D eigenvalue weighted by Crippen LogP contribution is 2.37. The van der Waals surface area contributed by atoms with Crippen molar-refractivity contribution in [2.24, 2.45) is 0 Å². The van der Waals surface area contributed by atoms with Crippen molar-refractivity contribution in [1.29, 1.82) is 0 Å². The molecule has 20 heavy (non-hydrogen) atoms. The van der Waals surface area contributed by atoms with Crippen LogP contribution in [0.2, 0.25) is 0 Å². The number of amides is 2. The van der Waals surface area contributed by atoms with Crippen LogP contribution in [0.15, 0.2) is 18.2 Å². The molecule has 6 nitrogen and oxygen atoms in total. The lowest BCUT2D eigenvalue weighted by Gasteiger charge is -2.27. The zero-order valence-electron chi connectivity index (χ0n) is 11.8. The third-order valence-corrected chi connectivity index (χ3v) is 3.54. The van der Waals surface area contributed by atoms with Gasteiger partial charge in [-0.25, -0.2) is 4.79 Å². The molecule has 0 bridgehead atoms. The van der Waals surface area contributed by atoms with E-state index >= 15 is 0 Å². The fraction of sp³-hybridized carbons (Fsp3) is 0.429. The molecule has 0 spiro atoms. The molecular formula is C14H19N3O3. The lowest BCUT2D eigenvalue weighted by atomic mass is 9.79. The van der Waals surface area contributed by atoms with Gasteiger partial charge in [0.2, 0.25) is 5.91 Å². The summed E-state index contributed by atoms with van der Waals surface area (Å²) in [6.45, 7) is 4.04. The summed E-state index contributed by atoms with van der Waals surface area (Å²) in [5, 5.41) is 5.37. The molecule has 0 radical (unpaired) electrons. The molecule has 1 unspecified atom stereocenters. The maximum atomic E-state index is 12.2. The number of nitrogens with two attached hydrogens (primary N) is 1. The SMILES string of the molecule is COC(=O)NC1CC(C)(C)c2ccc(N)cc2NC1=O. The van der Waals surface area contributed by atoms with Gasteiger partial charge in [-0.15, -0.1) is 0 Å². The number of benzene rings is 1. The Hall–Kier alpha value is -2.24. The molecule has 1 aliphatic heterocycles. The second kappa shape index (κ2) is 5.03. The number of hydrogen-bond acceptors (Lipinski definition) is 4. The summed E-state index contributed by atoms with van der Waals surface area (Å²) in [4.78, 5) is 23.5. The number of nitrogen functional groups attached to an aromatic ring is 1. The van der Waals surface area contributed by atoms with Crippen LogP contribution in [-0.2, 0) is 14.9 Å². The summed E-state index contributed by atoms with van der Waals surface area (Å²) in [6, 6.07) is 4.80. The highest BCUT2D eigenvalue weighted by molar-refractivity contribution is 5.98. The van der Waals surface area contributed by atoms with E-state index in [9.17, 15) is 9.59 Å². The fourth-order valence-corrected chi connectivity index (χ4v) is 2.51. The molecule has 2 amide bonds. The summed E-state index contributed by atoms with van der Waals surface area (Å²) in [6.07, 6.45) is -0.142. The van der Waals surface area contributed by atoms with Crippen LogP contribution in [0, 0.1) is 0 Å². The second-order valence-electron chi connectivity index (χ2n) is 5.57. The van der Waals surface area contributed by atoms with Crippen LogP contribution < -0.4 is 16.4 Å². The fourth-order valence-electron chi connectivity index (χ4n) is 2.51. The predicted molar refractivity (Wildman–Crippen MR) is 76.5 cm³/mol. The minimum atomic E-state index is -0.647. The number of rotatable bonds is 1. The maximum absolute atomic E-state index is 12.2. The van der Waals surface area contributed by atoms with E-state index in [-0.39, 0.29) is 11.3 Å². The number of fused-ring (bicyclic) bond motifs is 1. The van der Waals surface area contributed by atoms with Crippen LogP contribution >= 0.6 is 0 Å². The van der Waals surface area contributed by atoms with Gasteiger partial charge in [0, 0.05) is 11.4 Å². The number of carbonyl (C=O) groups is 2. The van der Waals surface area contributed by atoms with Gasteiger partial charge in [0.1, 0.15) is 6.04 Å². The van der Waals surface area contributed by atoms with Crippen LogP contribution in [0.25, 0.3) is 0 Å². The second-order valence-corrected chi connectivity index (χ2v) is 5.57. The van der Waals surface area contributed by atoms with Gasteiger partial charge in [0.25, 0.3) is 0 Å². The molecule has 1 aromatic carbocycles. The van der Waals surface area contributed by atoms with Gasteiger partial charge in [-0.2, -0.15) is 0 Å². The molecule has 108 valence electrons. The van der Waals surface area contributed by atoms with Gasteiger partial charge >= 0.3 is 6.09 Å². The van der Waals surface area contributed by atoms with E-state index < -0.39 is 12.1 Å². The molecular weight excluding hydrogens is 258 g/mol. The van der Waals surface area contributed by atoms with Crippen LogP contribution in [0.1, 0.15) is 25.8 Å². The highest BCUT2D eigenvalue weighted by Gasteiger charge is 2.35. The van der Waals surface area contributed by atoms with E-state index in [1.807, 2.05) is 19.9 Å². The van der Waals surface area contributed by atoms with Gasteiger partial charge in [-0.3, -0.25) is 4.79 Å². The Morgan fingerprint density at radius 3 is 2.85 bits per heavy atom. The molecule has 2 rings (SSSR count). The third-order valence-electron chi connectivity index (χ3n) is 3.54. The van der Waals surface area contributed by atoms with Crippen molar-refractivity contribution in [3.05, 3.63) is 23.8 Å². The van der Waals surface area contributed by atoms with Crippen LogP contribution in [0.5, 0.6) is 0 Å². The van der Waals surface area contributed by atoms with Crippen molar-refractivity contribution in [1.82, 2.24) is 5.32 Å². The van der Waals surface area contributed by atoms with Gasteiger partial charge in [-0.05, 0) is 29.5 Å². The average Bonchev–Trinajstić information content (AvgIpc) is 2.44. The molecule has 6 heteroatoms. The average molecular weight is 277 g/mol. The number of anilines is 2. The Morgan fingerprint density at radius 1 is 1.50 bits per heavy atom. The standard InChI is InChI=1S/C14H19N3O3/c1-14(2)7-11(17-13(19)20-3)12(18)16-10-6-8(15)4-5-9(10)14/h4-6,11H,7,15H2,1-3H3,(H,16,18)(H,17,19).